The summed E-state index contributed by atoms with van der Waals surface area (Å²) in [5, 5.41) is 1.01. The van der Waals surface area contributed by atoms with Crippen LogP contribution in [0.1, 0.15) is 26.6 Å². The van der Waals surface area contributed by atoms with Crippen LogP contribution in [0.5, 0.6) is 0 Å². The second-order valence-electron chi connectivity index (χ2n) is 6.82. The lowest BCUT2D eigenvalue weighted by atomic mass is 10.2. The molecule has 7 nitrogen and oxygen atoms in total. The van der Waals surface area contributed by atoms with Crippen LogP contribution in [0.25, 0.3) is 10.2 Å². The number of carbonyl (C=O) groups is 1. The number of morpholine rings is 1. The molecule has 138 valence electrons. The molecule has 8 heteroatoms. The summed E-state index contributed by atoms with van der Waals surface area (Å²) in [6.07, 6.45) is 1.86. The molecule has 0 bridgehead atoms. The maximum absolute atomic E-state index is 13.0. The van der Waals surface area contributed by atoms with Crippen LogP contribution in [0.4, 0.5) is 5.95 Å². The van der Waals surface area contributed by atoms with Gasteiger partial charge in [-0.1, -0.05) is 0 Å². The van der Waals surface area contributed by atoms with Gasteiger partial charge in [-0.3, -0.25) is 4.79 Å². The smallest absolute Gasteiger partial charge is 0.254 e. The fourth-order valence-electron chi connectivity index (χ4n) is 3.56. The zero-order valence-corrected chi connectivity index (χ0v) is 15.8. The molecule has 1 amide bonds. The Balaban J connectivity index is 1.36. The molecule has 27 heavy (non-hydrogen) atoms. The van der Waals surface area contributed by atoms with E-state index in [-0.39, 0.29) is 5.91 Å². The normalized spacial score (nSPS) is 16.8. The van der Waals surface area contributed by atoms with Gasteiger partial charge in [-0.15, -0.1) is 11.3 Å². The Morgan fingerprint density at radius 1 is 1.19 bits per heavy atom. The van der Waals surface area contributed by atoms with Gasteiger partial charge in [0.15, 0.2) is 0 Å². The lowest BCUT2D eigenvalue weighted by Crippen LogP contribution is -2.37. The highest BCUT2D eigenvalue weighted by Gasteiger charge is 2.27. The largest absolute Gasteiger partial charge is 0.378 e. The topological polar surface area (TPSA) is 71.5 Å². The number of rotatable bonds is 2. The first kappa shape index (κ1) is 16.6. The maximum atomic E-state index is 13.0. The van der Waals surface area contributed by atoms with Crippen molar-refractivity contribution in [3.05, 3.63) is 46.2 Å². The Morgan fingerprint density at radius 2 is 2.04 bits per heavy atom. The standard InChI is InChI=1S/C19H19N5O2S/c1-12-21-15-3-2-13(8-17(15)27-12)18(25)24-10-14-9-20-19(22-16(14)11-24)23-4-6-26-7-5-23/h2-3,8-9H,4-7,10-11H2,1H3. The molecule has 0 saturated carbocycles. The molecule has 0 radical (unpaired) electrons. The molecule has 4 heterocycles. The predicted octanol–water partition coefficient (Wildman–Crippen LogP) is 2.39. The van der Waals surface area contributed by atoms with Crippen molar-refractivity contribution in [3.63, 3.8) is 0 Å². The van der Waals surface area contributed by atoms with Crippen molar-refractivity contribution >= 4 is 33.4 Å². The first-order chi connectivity index (χ1) is 13.2. The number of hydrogen-bond donors (Lipinski definition) is 0. The van der Waals surface area contributed by atoms with E-state index in [4.69, 9.17) is 9.72 Å². The molecular formula is C19H19N5O2S. The lowest BCUT2D eigenvalue weighted by molar-refractivity contribution is 0.0750. The van der Waals surface area contributed by atoms with E-state index in [9.17, 15) is 4.79 Å². The summed E-state index contributed by atoms with van der Waals surface area (Å²) in [5.41, 5.74) is 3.60. The van der Waals surface area contributed by atoms with Crippen LogP contribution in [0.15, 0.2) is 24.4 Å². The Hall–Kier alpha value is -2.58. The van der Waals surface area contributed by atoms with Crippen LogP contribution < -0.4 is 4.90 Å². The molecule has 1 fully saturated rings. The average Bonchev–Trinajstić information content (AvgIpc) is 3.29. The molecule has 2 aliphatic heterocycles. The molecule has 0 atom stereocenters. The van der Waals surface area contributed by atoms with Crippen LogP contribution in [0.3, 0.4) is 0 Å². The molecule has 0 spiro atoms. The average molecular weight is 381 g/mol. The first-order valence-corrected chi connectivity index (χ1v) is 9.83. The van der Waals surface area contributed by atoms with Crippen LogP contribution in [-0.2, 0) is 17.8 Å². The Kier molecular flexibility index (Phi) is 4.02. The predicted molar refractivity (Wildman–Crippen MR) is 103 cm³/mol. The van der Waals surface area contributed by atoms with Gasteiger partial charge in [0.2, 0.25) is 5.95 Å². The third-order valence-corrected chi connectivity index (χ3v) is 5.90. The minimum atomic E-state index is 0.0221. The van der Waals surface area contributed by atoms with E-state index >= 15 is 0 Å². The number of hydrogen-bond acceptors (Lipinski definition) is 7. The molecule has 1 saturated heterocycles. The second-order valence-corrected chi connectivity index (χ2v) is 8.05. The molecule has 2 aliphatic rings. The number of amides is 1. The number of anilines is 1. The summed E-state index contributed by atoms with van der Waals surface area (Å²) in [7, 11) is 0. The van der Waals surface area contributed by atoms with Gasteiger partial charge in [0.05, 0.1) is 40.7 Å². The Labute approximate surface area is 160 Å². The quantitative estimate of drug-likeness (QED) is 0.679. The van der Waals surface area contributed by atoms with Crippen LogP contribution >= 0.6 is 11.3 Å². The van der Waals surface area contributed by atoms with Crippen molar-refractivity contribution < 1.29 is 9.53 Å². The van der Waals surface area contributed by atoms with Crippen molar-refractivity contribution in [1.29, 1.82) is 0 Å². The molecule has 0 unspecified atom stereocenters. The maximum Gasteiger partial charge on any atom is 0.254 e. The summed E-state index contributed by atoms with van der Waals surface area (Å²) >= 11 is 1.61. The third-order valence-electron chi connectivity index (χ3n) is 4.97. The molecule has 0 N–H and O–H groups in total. The molecule has 1 aromatic carbocycles. The van der Waals surface area contributed by atoms with Crippen molar-refractivity contribution in [2.24, 2.45) is 0 Å². The van der Waals surface area contributed by atoms with E-state index in [1.165, 1.54) is 0 Å². The zero-order valence-electron chi connectivity index (χ0n) is 15.0. The summed E-state index contributed by atoms with van der Waals surface area (Å²) in [4.78, 5) is 30.6. The zero-order chi connectivity index (χ0) is 18.4. The summed E-state index contributed by atoms with van der Waals surface area (Å²) in [6.45, 7) is 6.06. The summed E-state index contributed by atoms with van der Waals surface area (Å²) < 4.78 is 6.44. The van der Waals surface area contributed by atoms with Gasteiger partial charge >= 0.3 is 0 Å². The van der Waals surface area contributed by atoms with E-state index in [2.05, 4.69) is 14.9 Å². The van der Waals surface area contributed by atoms with Gasteiger partial charge in [0.25, 0.3) is 5.91 Å². The number of fused-ring (bicyclic) bond motifs is 2. The highest BCUT2D eigenvalue weighted by molar-refractivity contribution is 7.18. The van der Waals surface area contributed by atoms with Gasteiger partial charge in [-0.2, -0.15) is 0 Å². The minimum Gasteiger partial charge on any atom is -0.378 e. The van der Waals surface area contributed by atoms with Gasteiger partial charge in [0.1, 0.15) is 0 Å². The van der Waals surface area contributed by atoms with Crippen molar-refractivity contribution in [1.82, 2.24) is 19.9 Å². The third kappa shape index (κ3) is 3.04. The summed E-state index contributed by atoms with van der Waals surface area (Å²) in [6, 6.07) is 5.72. The van der Waals surface area contributed by atoms with Crippen LogP contribution in [0, 0.1) is 6.92 Å². The number of thiazole rings is 1. The van der Waals surface area contributed by atoms with Gasteiger partial charge in [-0.25, -0.2) is 15.0 Å². The Bertz CT molecular complexity index is 1030. The Morgan fingerprint density at radius 3 is 2.89 bits per heavy atom. The van der Waals surface area contributed by atoms with Gasteiger partial charge in [-0.05, 0) is 25.1 Å². The molecule has 3 aromatic rings. The number of benzene rings is 1. The first-order valence-electron chi connectivity index (χ1n) is 9.01. The van der Waals surface area contributed by atoms with E-state index in [1.807, 2.05) is 36.2 Å². The number of aromatic nitrogens is 3. The molecule has 0 aliphatic carbocycles. The molecular weight excluding hydrogens is 362 g/mol. The lowest BCUT2D eigenvalue weighted by Gasteiger charge is -2.26. The number of aryl methyl sites for hydroxylation is 1. The number of carbonyl (C=O) groups excluding carboxylic acids is 1. The van der Waals surface area contributed by atoms with E-state index < -0.39 is 0 Å². The van der Waals surface area contributed by atoms with Crippen molar-refractivity contribution in [3.8, 4) is 0 Å². The van der Waals surface area contributed by atoms with Crippen LogP contribution in [-0.4, -0.2) is 52.1 Å². The number of nitrogens with zero attached hydrogens (tertiary/aromatic N) is 5. The SMILES string of the molecule is Cc1nc2ccc(C(=O)N3Cc4cnc(N5CCOCC5)nc4C3)cc2s1. The monoisotopic (exact) mass is 381 g/mol. The van der Waals surface area contributed by atoms with Gasteiger partial charge in [0, 0.05) is 37.0 Å². The van der Waals surface area contributed by atoms with Crippen LogP contribution in [0.2, 0.25) is 0 Å². The fraction of sp³-hybridized carbons (Fsp3) is 0.368. The fourth-order valence-corrected chi connectivity index (χ4v) is 4.42. The second kappa shape index (κ2) is 6.54. The summed E-state index contributed by atoms with van der Waals surface area (Å²) in [5.74, 6) is 0.752. The van der Waals surface area contributed by atoms with E-state index in [0.29, 0.717) is 31.9 Å². The highest BCUT2D eigenvalue weighted by atomic mass is 32.1. The van der Waals surface area contributed by atoms with Crippen molar-refractivity contribution in [2.45, 2.75) is 20.0 Å². The van der Waals surface area contributed by atoms with E-state index in [1.54, 1.807) is 11.3 Å². The molecule has 2 aromatic heterocycles. The minimum absolute atomic E-state index is 0.0221. The van der Waals surface area contributed by atoms with Gasteiger partial charge < -0.3 is 14.5 Å². The highest BCUT2D eigenvalue weighted by Crippen LogP contribution is 2.27. The number of ether oxygens (including phenoxy) is 1. The van der Waals surface area contributed by atoms with E-state index in [0.717, 1.165) is 45.5 Å². The molecule has 5 rings (SSSR count). The van der Waals surface area contributed by atoms with Crippen molar-refractivity contribution in [2.75, 3.05) is 31.2 Å².